The van der Waals surface area contributed by atoms with E-state index in [9.17, 15) is 0 Å². The summed E-state index contributed by atoms with van der Waals surface area (Å²) in [6, 6.07) is 6.84. The van der Waals surface area contributed by atoms with Crippen molar-refractivity contribution in [2.45, 2.75) is 25.3 Å². The van der Waals surface area contributed by atoms with Crippen molar-refractivity contribution in [2.75, 3.05) is 47.4 Å². The molecule has 2 rings (SSSR count). The zero-order valence-corrected chi connectivity index (χ0v) is 14.8. The molecule has 1 aromatic rings. The van der Waals surface area contributed by atoms with Crippen LogP contribution in [0, 0.1) is 0 Å². The molecule has 1 fully saturated rings. The van der Waals surface area contributed by atoms with E-state index in [2.05, 4.69) is 35.6 Å². The molecule has 128 valence electrons. The molecule has 1 aliphatic rings. The van der Waals surface area contributed by atoms with Crippen LogP contribution in [0.3, 0.4) is 0 Å². The van der Waals surface area contributed by atoms with Gasteiger partial charge < -0.3 is 14.4 Å². The van der Waals surface area contributed by atoms with Gasteiger partial charge in [0.05, 0.1) is 14.2 Å². The van der Waals surface area contributed by atoms with E-state index in [4.69, 9.17) is 9.47 Å². The van der Waals surface area contributed by atoms with E-state index in [-0.39, 0.29) is 0 Å². The van der Waals surface area contributed by atoms with E-state index < -0.39 is 0 Å². The van der Waals surface area contributed by atoms with Gasteiger partial charge in [0.2, 0.25) is 0 Å². The van der Waals surface area contributed by atoms with Gasteiger partial charge in [-0.2, -0.15) is 0 Å². The SMILES string of the molecule is C=CCN1CCC[C@H](N(C)CCc2ccc(OC)c(OC)c2)C1. The maximum Gasteiger partial charge on any atom is 0.160 e. The van der Waals surface area contributed by atoms with Crippen LogP contribution >= 0.6 is 0 Å². The number of likely N-dealkylation sites (N-methyl/N-ethyl adjacent to an activating group) is 1. The van der Waals surface area contributed by atoms with Crippen LogP contribution in [0.2, 0.25) is 0 Å². The van der Waals surface area contributed by atoms with Crippen LogP contribution in [-0.4, -0.2) is 63.3 Å². The highest BCUT2D eigenvalue weighted by Crippen LogP contribution is 2.27. The summed E-state index contributed by atoms with van der Waals surface area (Å²) in [5.74, 6) is 1.60. The summed E-state index contributed by atoms with van der Waals surface area (Å²) in [7, 11) is 5.59. The lowest BCUT2D eigenvalue weighted by Crippen LogP contribution is -2.46. The van der Waals surface area contributed by atoms with Gasteiger partial charge in [-0.3, -0.25) is 4.90 Å². The molecule has 23 heavy (non-hydrogen) atoms. The molecule has 0 amide bonds. The predicted octanol–water partition coefficient (Wildman–Crippen LogP) is 2.83. The molecule has 1 saturated heterocycles. The Morgan fingerprint density at radius 1 is 1.30 bits per heavy atom. The van der Waals surface area contributed by atoms with E-state index in [1.165, 1.54) is 24.9 Å². The van der Waals surface area contributed by atoms with Crippen molar-refractivity contribution < 1.29 is 9.47 Å². The van der Waals surface area contributed by atoms with Crippen molar-refractivity contribution in [1.29, 1.82) is 0 Å². The normalized spacial score (nSPS) is 18.9. The van der Waals surface area contributed by atoms with Gasteiger partial charge >= 0.3 is 0 Å². The van der Waals surface area contributed by atoms with Crippen LogP contribution in [0.15, 0.2) is 30.9 Å². The van der Waals surface area contributed by atoms with Crippen LogP contribution < -0.4 is 9.47 Å². The number of likely N-dealkylation sites (tertiary alicyclic amines) is 1. The fourth-order valence-corrected chi connectivity index (χ4v) is 3.26. The molecule has 0 N–H and O–H groups in total. The number of piperidine rings is 1. The van der Waals surface area contributed by atoms with Gasteiger partial charge in [0.15, 0.2) is 11.5 Å². The Hall–Kier alpha value is -1.52. The lowest BCUT2D eigenvalue weighted by atomic mass is 10.0. The number of nitrogens with zero attached hydrogens (tertiary/aromatic N) is 2. The van der Waals surface area contributed by atoms with Gasteiger partial charge in [-0.15, -0.1) is 6.58 Å². The van der Waals surface area contributed by atoms with Crippen molar-refractivity contribution in [1.82, 2.24) is 9.80 Å². The summed E-state index contributed by atoms with van der Waals surface area (Å²) in [5, 5.41) is 0. The molecule has 0 radical (unpaired) electrons. The number of hydrogen-bond donors (Lipinski definition) is 0. The fraction of sp³-hybridized carbons (Fsp3) is 0.579. The molecule has 1 aromatic carbocycles. The molecule has 0 aromatic heterocycles. The number of benzene rings is 1. The molecular formula is C19H30N2O2. The van der Waals surface area contributed by atoms with E-state index in [1.807, 2.05) is 12.1 Å². The van der Waals surface area contributed by atoms with Crippen LogP contribution in [0.5, 0.6) is 11.5 Å². The molecule has 4 nitrogen and oxygen atoms in total. The quantitative estimate of drug-likeness (QED) is 0.688. The van der Waals surface area contributed by atoms with Crippen LogP contribution in [-0.2, 0) is 6.42 Å². The third-order valence-corrected chi connectivity index (χ3v) is 4.69. The van der Waals surface area contributed by atoms with Gasteiger partial charge in [0.1, 0.15) is 0 Å². The minimum absolute atomic E-state index is 0.642. The number of rotatable bonds is 8. The van der Waals surface area contributed by atoms with Crippen LogP contribution in [0.25, 0.3) is 0 Å². The molecule has 1 heterocycles. The largest absolute Gasteiger partial charge is 0.493 e. The second-order valence-electron chi connectivity index (χ2n) is 6.26. The number of methoxy groups -OCH3 is 2. The molecule has 0 bridgehead atoms. The first kappa shape index (κ1) is 17.8. The Balaban J connectivity index is 1.88. The van der Waals surface area contributed by atoms with Crippen molar-refractivity contribution in [2.24, 2.45) is 0 Å². The maximum absolute atomic E-state index is 5.39. The highest BCUT2D eigenvalue weighted by atomic mass is 16.5. The monoisotopic (exact) mass is 318 g/mol. The summed E-state index contributed by atoms with van der Waals surface area (Å²) in [6.07, 6.45) is 5.59. The van der Waals surface area contributed by atoms with Crippen LogP contribution in [0.4, 0.5) is 0 Å². The van der Waals surface area contributed by atoms with Crippen molar-refractivity contribution >= 4 is 0 Å². The third kappa shape index (κ3) is 4.98. The first-order valence-electron chi connectivity index (χ1n) is 8.42. The minimum Gasteiger partial charge on any atom is -0.493 e. The van der Waals surface area contributed by atoms with Gasteiger partial charge in [-0.05, 0) is 50.6 Å². The first-order valence-corrected chi connectivity index (χ1v) is 8.42. The zero-order valence-electron chi connectivity index (χ0n) is 14.8. The Morgan fingerprint density at radius 3 is 2.78 bits per heavy atom. The number of ether oxygens (including phenoxy) is 2. The van der Waals surface area contributed by atoms with Crippen molar-refractivity contribution in [3.8, 4) is 11.5 Å². The molecule has 0 saturated carbocycles. The highest BCUT2D eigenvalue weighted by molar-refractivity contribution is 5.42. The van der Waals surface area contributed by atoms with E-state index in [1.54, 1.807) is 14.2 Å². The van der Waals surface area contributed by atoms with Gasteiger partial charge in [-0.25, -0.2) is 0 Å². The summed E-state index contributed by atoms with van der Waals surface area (Å²) in [4.78, 5) is 4.99. The van der Waals surface area contributed by atoms with Gasteiger partial charge in [0.25, 0.3) is 0 Å². The minimum atomic E-state index is 0.642. The van der Waals surface area contributed by atoms with E-state index in [0.29, 0.717) is 6.04 Å². The highest BCUT2D eigenvalue weighted by Gasteiger charge is 2.22. The average Bonchev–Trinajstić information content (AvgIpc) is 2.59. The summed E-state index contributed by atoms with van der Waals surface area (Å²) in [5.41, 5.74) is 1.29. The van der Waals surface area contributed by atoms with E-state index in [0.717, 1.165) is 37.6 Å². The summed E-state index contributed by atoms with van der Waals surface area (Å²) >= 11 is 0. The second-order valence-corrected chi connectivity index (χ2v) is 6.26. The Bertz CT molecular complexity index is 504. The lowest BCUT2D eigenvalue weighted by molar-refractivity contribution is 0.126. The summed E-state index contributed by atoms with van der Waals surface area (Å²) in [6.45, 7) is 8.26. The number of hydrogen-bond acceptors (Lipinski definition) is 4. The molecule has 1 aliphatic heterocycles. The third-order valence-electron chi connectivity index (χ3n) is 4.69. The topological polar surface area (TPSA) is 24.9 Å². The second kappa shape index (κ2) is 8.94. The van der Waals surface area contributed by atoms with Gasteiger partial charge in [0, 0.05) is 25.7 Å². The maximum atomic E-state index is 5.39. The molecule has 0 aliphatic carbocycles. The Kier molecular flexibility index (Phi) is 6.93. The molecular weight excluding hydrogens is 288 g/mol. The Morgan fingerprint density at radius 2 is 2.09 bits per heavy atom. The smallest absolute Gasteiger partial charge is 0.160 e. The zero-order chi connectivity index (χ0) is 16.7. The van der Waals surface area contributed by atoms with Crippen molar-refractivity contribution in [3.05, 3.63) is 36.4 Å². The average molecular weight is 318 g/mol. The Labute approximate surface area is 140 Å². The van der Waals surface area contributed by atoms with Crippen LogP contribution in [0.1, 0.15) is 18.4 Å². The predicted molar refractivity (Wildman–Crippen MR) is 95.5 cm³/mol. The standard InChI is InChI=1S/C19H30N2O2/c1-5-11-21-12-6-7-17(15-21)20(2)13-10-16-8-9-18(22-3)19(14-16)23-4/h5,8-9,14,17H,1,6-7,10-13,15H2,2-4H3/t17-/m0/s1. The van der Waals surface area contributed by atoms with E-state index >= 15 is 0 Å². The summed E-state index contributed by atoms with van der Waals surface area (Å²) < 4.78 is 10.7. The molecule has 1 atom stereocenters. The first-order chi connectivity index (χ1) is 11.2. The lowest BCUT2D eigenvalue weighted by Gasteiger charge is -2.37. The molecule has 4 heteroatoms. The molecule has 0 spiro atoms. The fourth-order valence-electron chi connectivity index (χ4n) is 3.26. The van der Waals surface area contributed by atoms with Gasteiger partial charge in [-0.1, -0.05) is 12.1 Å². The van der Waals surface area contributed by atoms with Crippen molar-refractivity contribution in [3.63, 3.8) is 0 Å². The molecule has 0 unspecified atom stereocenters.